The molecule has 1 rings (SSSR count). The lowest BCUT2D eigenvalue weighted by Gasteiger charge is -2.17. The number of halogens is 1. The van der Waals surface area contributed by atoms with E-state index in [0.717, 1.165) is 6.42 Å². The number of aromatic nitrogens is 1. The highest BCUT2D eigenvalue weighted by Gasteiger charge is 2.16. The second-order valence-corrected chi connectivity index (χ2v) is 7.18. The first-order chi connectivity index (χ1) is 7.71. The summed E-state index contributed by atoms with van der Waals surface area (Å²) >= 11 is 5.60. The third kappa shape index (κ3) is 5.02. The third-order valence-corrected chi connectivity index (χ3v) is 3.85. The summed E-state index contributed by atoms with van der Waals surface area (Å²) in [5.41, 5.74) is 0.0980. The summed E-state index contributed by atoms with van der Waals surface area (Å²) < 4.78 is 26.2. The predicted octanol–water partition coefficient (Wildman–Crippen LogP) is 2.45. The summed E-state index contributed by atoms with van der Waals surface area (Å²) in [7, 11) is -3.47. The molecule has 0 aliphatic heterocycles. The van der Waals surface area contributed by atoms with Crippen LogP contribution in [0.2, 0.25) is 5.15 Å². The van der Waals surface area contributed by atoms with Gasteiger partial charge in [-0.2, -0.15) is 0 Å². The van der Waals surface area contributed by atoms with Crippen molar-refractivity contribution in [3.05, 3.63) is 23.5 Å². The Morgan fingerprint density at radius 1 is 1.35 bits per heavy atom. The molecule has 0 saturated carbocycles. The van der Waals surface area contributed by atoms with E-state index < -0.39 is 10.0 Å². The third-order valence-electron chi connectivity index (χ3n) is 2.18. The molecule has 17 heavy (non-hydrogen) atoms. The van der Waals surface area contributed by atoms with E-state index in [2.05, 4.69) is 30.5 Å². The molecule has 0 fully saturated rings. The number of rotatable bonds is 4. The quantitative estimate of drug-likeness (QED) is 0.860. The topological polar surface area (TPSA) is 59.1 Å². The van der Waals surface area contributed by atoms with Crippen LogP contribution in [0.5, 0.6) is 0 Å². The van der Waals surface area contributed by atoms with Gasteiger partial charge in [-0.1, -0.05) is 32.4 Å². The molecule has 0 aromatic carbocycles. The minimum atomic E-state index is -3.47. The Morgan fingerprint density at radius 3 is 2.47 bits per heavy atom. The molecule has 0 radical (unpaired) electrons. The van der Waals surface area contributed by atoms with Gasteiger partial charge in [0.1, 0.15) is 10.0 Å². The molecule has 1 heterocycles. The molecule has 1 N–H and O–H groups in total. The maximum absolute atomic E-state index is 11.8. The van der Waals surface area contributed by atoms with Crippen LogP contribution in [-0.2, 0) is 10.0 Å². The molecule has 0 aliphatic rings. The van der Waals surface area contributed by atoms with Crippen LogP contribution in [0.15, 0.2) is 23.2 Å². The number of nitrogens with one attached hydrogen (secondary N) is 1. The summed E-state index contributed by atoms with van der Waals surface area (Å²) in [5, 5.41) is 0.277. The average Bonchev–Trinajstić information content (AvgIpc) is 2.15. The highest BCUT2D eigenvalue weighted by Crippen LogP contribution is 2.18. The second-order valence-electron chi connectivity index (χ2n) is 5.03. The van der Waals surface area contributed by atoms with Crippen LogP contribution in [0.4, 0.5) is 0 Å². The standard InChI is InChI=1S/C11H17ClN2O2S/c1-11(2,3)6-7-14-17(15,16)9-4-5-10(12)13-8-9/h4-5,8,14H,6-7H2,1-3H3. The minimum Gasteiger partial charge on any atom is -0.243 e. The van der Waals surface area contributed by atoms with Crippen molar-refractivity contribution in [3.8, 4) is 0 Å². The van der Waals surface area contributed by atoms with Crippen LogP contribution < -0.4 is 4.72 Å². The van der Waals surface area contributed by atoms with Crippen molar-refractivity contribution in [1.82, 2.24) is 9.71 Å². The zero-order chi connectivity index (χ0) is 13.1. The van der Waals surface area contributed by atoms with Crippen LogP contribution in [0.25, 0.3) is 0 Å². The van der Waals surface area contributed by atoms with E-state index in [1.54, 1.807) is 0 Å². The molecule has 1 aromatic rings. The van der Waals surface area contributed by atoms with Gasteiger partial charge < -0.3 is 0 Å². The monoisotopic (exact) mass is 276 g/mol. The molecule has 0 spiro atoms. The first kappa shape index (κ1) is 14.4. The molecule has 0 bridgehead atoms. The average molecular weight is 277 g/mol. The van der Waals surface area contributed by atoms with Crippen molar-refractivity contribution >= 4 is 21.6 Å². The molecule has 6 heteroatoms. The van der Waals surface area contributed by atoms with Crippen molar-refractivity contribution < 1.29 is 8.42 Å². The Labute approximate surface area is 107 Å². The fourth-order valence-electron chi connectivity index (χ4n) is 1.16. The molecule has 0 amide bonds. The lowest BCUT2D eigenvalue weighted by Crippen LogP contribution is -2.27. The van der Waals surface area contributed by atoms with Gasteiger partial charge >= 0.3 is 0 Å². The molecule has 0 saturated heterocycles. The van der Waals surface area contributed by atoms with Gasteiger partial charge in [0.2, 0.25) is 10.0 Å². The number of nitrogens with zero attached hydrogens (tertiary/aromatic N) is 1. The largest absolute Gasteiger partial charge is 0.243 e. The highest BCUT2D eigenvalue weighted by atomic mass is 35.5. The first-order valence-corrected chi connectivity index (χ1v) is 7.18. The molecule has 0 atom stereocenters. The SMILES string of the molecule is CC(C)(C)CCNS(=O)(=O)c1ccc(Cl)nc1. The second kappa shape index (κ2) is 5.33. The number of pyridine rings is 1. The molecule has 0 aliphatic carbocycles. The lowest BCUT2D eigenvalue weighted by molar-refractivity contribution is 0.378. The van der Waals surface area contributed by atoms with Crippen LogP contribution in [0, 0.1) is 5.41 Å². The van der Waals surface area contributed by atoms with Gasteiger partial charge in [-0.15, -0.1) is 0 Å². The van der Waals surface area contributed by atoms with Crippen molar-refractivity contribution in [2.75, 3.05) is 6.54 Å². The van der Waals surface area contributed by atoms with Crippen molar-refractivity contribution in [1.29, 1.82) is 0 Å². The van der Waals surface area contributed by atoms with Crippen molar-refractivity contribution in [2.45, 2.75) is 32.1 Å². The van der Waals surface area contributed by atoms with Crippen LogP contribution in [0.1, 0.15) is 27.2 Å². The Kier molecular flexibility index (Phi) is 4.52. The van der Waals surface area contributed by atoms with Gasteiger partial charge in [0.25, 0.3) is 0 Å². The maximum atomic E-state index is 11.8. The fourth-order valence-corrected chi connectivity index (χ4v) is 2.25. The zero-order valence-electron chi connectivity index (χ0n) is 10.2. The number of hydrogen-bond donors (Lipinski definition) is 1. The molecule has 0 unspecified atom stereocenters. The van der Waals surface area contributed by atoms with E-state index in [1.807, 2.05) is 0 Å². The predicted molar refractivity (Wildman–Crippen MR) is 68.5 cm³/mol. The summed E-state index contributed by atoms with van der Waals surface area (Å²) in [5.74, 6) is 0. The summed E-state index contributed by atoms with van der Waals surface area (Å²) in [6.45, 7) is 6.59. The molecule has 4 nitrogen and oxygen atoms in total. The van der Waals surface area contributed by atoms with Crippen molar-refractivity contribution in [3.63, 3.8) is 0 Å². The normalized spacial score (nSPS) is 12.7. The molecular formula is C11H17ClN2O2S. The molecule has 1 aromatic heterocycles. The summed E-state index contributed by atoms with van der Waals surface area (Å²) in [6.07, 6.45) is 2.02. The Hall–Kier alpha value is -0.650. The van der Waals surface area contributed by atoms with Gasteiger partial charge in [-0.3, -0.25) is 0 Å². The Balaban J connectivity index is 2.66. The van der Waals surface area contributed by atoms with Gasteiger partial charge in [0.15, 0.2) is 0 Å². The van der Waals surface area contributed by atoms with Crippen LogP contribution in [0.3, 0.4) is 0 Å². The first-order valence-electron chi connectivity index (χ1n) is 5.32. The highest BCUT2D eigenvalue weighted by molar-refractivity contribution is 7.89. The summed E-state index contributed by atoms with van der Waals surface area (Å²) in [6, 6.07) is 2.90. The zero-order valence-corrected chi connectivity index (χ0v) is 11.8. The lowest BCUT2D eigenvalue weighted by atomic mass is 9.93. The minimum absolute atomic E-state index is 0.0980. The van der Waals surface area contributed by atoms with Crippen LogP contribution in [-0.4, -0.2) is 19.9 Å². The van der Waals surface area contributed by atoms with Gasteiger partial charge in [0.05, 0.1) is 0 Å². The van der Waals surface area contributed by atoms with E-state index in [1.165, 1.54) is 18.3 Å². The van der Waals surface area contributed by atoms with E-state index >= 15 is 0 Å². The Bertz CT molecular complexity index is 463. The van der Waals surface area contributed by atoms with E-state index in [9.17, 15) is 8.42 Å². The molecular weight excluding hydrogens is 260 g/mol. The van der Waals surface area contributed by atoms with E-state index in [4.69, 9.17) is 11.6 Å². The summed E-state index contributed by atoms with van der Waals surface area (Å²) in [4.78, 5) is 3.88. The van der Waals surface area contributed by atoms with Gasteiger partial charge in [-0.05, 0) is 24.0 Å². The maximum Gasteiger partial charge on any atom is 0.242 e. The fraction of sp³-hybridized carbons (Fsp3) is 0.545. The number of hydrogen-bond acceptors (Lipinski definition) is 3. The van der Waals surface area contributed by atoms with Crippen LogP contribution >= 0.6 is 11.6 Å². The van der Waals surface area contributed by atoms with E-state index in [0.29, 0.717) is 6.54 Å². The number of sulfonamides is 1. The Morgan fingerprint density at radius 2 is 2.00 bits per heavy atom. The van der Waals surface area contributed by atoms with Gasteiger partial charge in [0, 0.05) is 12.7 Å². The smallest absolute Gasteiger partial charge is 0.242 e. The van der Waals surface area contributed by atoms with Crippen molar-refractivity contribution in [2.24, 2.45) is 5.41 Å². The van der Waals surface area contributed by atoms with Gasteiger partial charge in [-0.25, -0.2) is 18.1 Å². The van der Waals surface area contributed by atoms with E-state index in [-0.39, 0.29) is 15.5 Å². The molecule has 96 valence electrons.